The molecule has 1 aromatic carbocycles. The minimum Gasteiger partial charge on any atom is -0.374 e. The van der Waals surface area contributed by atoms with E-state index in [1.807, 2.05) is 0 Å². The molecule has 0 amide bonds. The van der Waals surface area contributed by atoms with E-state index in [9.17, 15) is 4.39 Å². The molecular formula is C13H16Cl2FNO. The third-order valence-electron chi connectivity index (χ3n) is 3.20. The lowest BCUT2D eigenvalue weighted by Gasteiger charge is -2.37. The second-order valence-electron chi connectivity index (χ2n) is 4.62. The van der Waals surface area contributed by atoms with Gasteiger partial charge in [-0.05, 0) is 19.1 Å². The zero-order valence-corrected chi connectivity index (χ0v) is 11.7. The molecule has 0 aromatic heterocycles. The number of nitrogens with zero attached hydrogens (tertiary/aromatic N) is 1. The molecule has 0 N–H and O–H groups in total. The van der Waals surface area contributed by atoms with E-state index >= 15 is 0 Å². The predicted octanol–water partition coefficient (Wildman–Crippen LogP) is 3.31. The molecule has 2 nitrogen and oxygen atoms in total. The first-order valence-electron chi connectivity index (χ1n) is 5.95. The van der Waals surface area contributed by atoms with Crippen molar-refractivity contribution in [2.75, 3.05) is 19.0 Å². The standard InChI is InChI=1S/C13H16Cl2FNO/c1-9-8-18-12(5-14)7-17(9)6-10-2-3-11(15)4-13(10)16/h2-4,9,12H,5-8H2,1H3. The number of hydrogen-bond donors (Lipinski definition) is 0. The molecule has 1 heterocycles. The van der Waals surface area contributed by atoms with Crippen LogP contribution >= 0.6 is 23.2 Å². The summed E-state index contributed by atoms with van der Waals surface area (Å²) in [4.78, 5) is 2.18. The first kappa shape index (κ1) is 14.1. The van der Waals surface area contributed by atoms with E-state index in [2.05, 4.69) is 11.8 Å². The molecule has 0 saturated carbocycles. The van der Waals surface area contributed by atoms with Crippen molar-refractivity contribution in [3.8, 4) is 0 Å². The highest BCUT2D eigenvalue weighted by atomic mass is 35.5. The zero-order valence-electron chi connectivity index (χ0n) is 10.2. The quantitative estimate of drug-likeness (QED) is 0.793. The monoisotopic (exact) mass is 291 g/mol. The second-order valence-corrected chi connectivity index (χ2v) is 5.37. The summed E-state index contributed by atoms with van der Waals surface area (Å²) in [7, 11) is 0. The Morgan fingerprint density at radius 3 is 2.94 bits per heavy atom. The van der Waals surface area contributed by atoms with Crippen LogP contribution in [0.25, 0.3) is 0 Å². The summed E-state index contributed by atoms with van der Waals surface area (Å²) in [5.74, 6) is 0.204. The van der Waals surface area contributed by atoms with E-state index < -0.39 is 0 Å². The lowest BCUT2D eigenvalue weighted by Crippen LogP contribution is -2.48. The van der Waals surface area contributed by atoms with Gasteiger partial charge >= 0.3 is 0 Å². The fourth-order valence-electron chi connectivity index (χ4n) is 2.06. The van der Waals surface area contributed by atoms with Crippen molar-refractivity contribution in [2.24, 2.45) is 0 Å². The van der Waals surface area contributed by atoms with Crippen molar-refractivity contribution in [3.05, 3.63) is 34.6 Å². The van der Waals surface area contributed by atoms with Crippen molar-refractivity contribution < 1.29 is 9.13 Å². The van der Waals surface area contributed by atoms with Crippen LogP contribution in [0, 0.1) is 5.82 Å². The summed E-state index contributed by atoms with van der Waals surface area (Å²) in [5, 5.41) is 0.421. The van der Waals surface area contributed by atoms with Crippen LogP contribution in [0.2, 0.25) is 5.02 Å². The van der Waals surface area contributed by atoms with Gasteiger partial charge in [0.1, 0.15) is 5.82 Å². The largest absolute Gasteiger partial charge is 0.374 e. The van der Waals surface area contributed by atoms with E-state index in [1.165, 1.54) is 6.07 Å². The molecule has 1 aliphatic rings. The van der Waals surface area contributed by atoms with Crippen LogP contribution in [0.1, 0.15) is 12.5 Å². The smallest absolute Gasteiger partial charge is 0.129 e. The van der Waals surface area contributed by atoms with Gasteiger partial charge in [0.2, 0.25) is 0 Å². The van der Waals surface area contributed by atoms with Crippen molar-refractivity contribution in [2.45, 2.75) is 25.6 Å². The molecule has 2 rings (SSSR count). The first-order valence-corrected chi connectivity index (χ1v) is 6.87. The highest BCUT2D eigenvalue weighted by molar-refractivity contribution is 6.30. The van der Waals surface area contributed by atoms with Gasteiger partial charge in [0.15, 0.2) is 0 Å². The van der Waals surface area contributed by atoms with E-state index in [0.717, 1.165) is 6.54 Å². The van der Waals surface area contributed by atoms with Crippen molar-refractivity contribution in [1.82, 2.24) is 4.90 Å². The van der Waals surface area contributed by atoms with E-state index in [-0.39, 0.29) is 18.0 Å². The van der Waals surface area contributed by atoms with Crippen LogP contribution in [0.15, 0.2) is 18.2 Å². The minimum absolute atomic E-state index is 0.0261. The Morgan fingerprint density at radius 1 is 1.50 bits per heavy atom. The lowest BCUT2D eigenvalue weighted by molar-refractivity contribution is -0.0513. The highest BCUT2D eigenvalue weighted by Crippen LogP contribution is 2.20. The molecule has 1 fully saturated rings. The number of morpholine rings is 1. The number of benzene rings is 1. The molecule has 0 bridgehead atoms. The van der Waals surface area contributed by atoms with Crippen LogP contribution < -0.4 is 0 Å². The van der Waals surface area contributed by atoms with Gasteiger partial charge in [0.25, 0.3) is 0 Å². The van der Waals surface area contributed by atoms with Gasteiger partial charge in [0, 0.05) is 35.6 Å². The number of alkyl halides is 1. The third-order valence-corrected chi connectivity index (χ3v) is 3.77. The van der Waals surface area contributed by atoms with E-state index in [0.29, 0.717) is 29.6 Å². The SMILES string of the molecule is CC1COC(CCl)CN1Cc1ccc(Cl)cc1F. The average molecular weight is 292 g/mol. The summed E-state index contributed by atoms with van der Waals surface area (Å²) in [5.41, 5.74) is 0.654. The predicted molar refractivity (Wildman–Crippen MR) is 71.7 cm³/mol. The second kappa shape index (κ2) is 6.20. The molecule has 1 saturated heterocycles. The highest BCUT2D eigenvalue weighted by Gasteiger charge is 2.26. The van der Waals surface area contributed by atoms with Crippen LogP contribution in [0.5, 0.6) is 0 Å². The Balaban J connectivity index is 2.07. The van der Waals surface area contributed by atoms with E-state index in [4.69, 9.17) is 27.9 Å². The Labute approximate surface area is 117 Å². The topological polar surface area (TPSA) is 12.5 Å². The molecule has 5 heteroatoms. The fraction of sp³-hybridized carbons (Fsp3) is 0.538. The molecule has 1 aromatic rings. The van der Waals surface area contributed by atoms with Gasteiger partial charge in [-0.2, -0.15) is 0 Å². The Bertz CT molecular complexity index is 416. The normalized spacial score (nSPS) is 25.3. The van der Waals surface area contributed by atoms with Crippen LogP contribution in [-0.2, 0) is 11.3 Å². The number of ether oxygens (including phenoxy) is 1. The fourth-order valence-corrected chi connectivity index (χ4v) is 2.40. The van der Waals surface area contributed by atoms with Crippen molar-refractivity contribution in [1.29, 1.82) is 0 Å². The lowest BCUT2D eigenvalue weighted by atomic mass is 10.1. The maximum Gasteiger partial charge on any atom is 0.129 e. The van der Waals surface area contributed by atoms with Gasteiger partial charge in [-0.25, -0.2) is 4.39 Å². The first-order chi connectivity index (χ1) is 8.60. The number of rotatable bonds is 3. The van der Waals surface area contributed by atoms with Crippen molar-refractivity contribution >= 4 is 23.2 Å². The van der Waals surface area contributed by atoms with Gasteiger partial charge < -0.3 is 4.74 Å². The molecule has 0 aliphatic carbocycles. The summed E-state index contributed by atoms with van der Waals surface area (Å²) >= 11 is 11.5. The molecule has 2 unspecified atom stereocenters. The Kier molecular flexibility index (Phi) is 4.84. The Hall–Kier alpha value is -0.350. The van der Waals surface area contributed by atoms with Gasteiger partial charge in [-0.15, -0.1) is 11.6 Å². The van der Waals surface area contributed by atoms with Crippen LogP contribution in [-0.4, -0.2) is 36.1 Å². The zero-order chi connectivity index (χ0) is 13.1. The van der Waals surface area contributed by atoms with Gasteiger partial charge in [0.05, 0.1) is 12.7 Å². The average Bonchev–Trinajstić information content (AvgIpc) is 2.35. The summed E-state index contributed by atoms with van der Waals surface area (Å²) in [6, 6.07) is 5.06. The molecule has 2 atom stereocenters. The minimum atomic E-state index is -0.261. The Morgan fingerprint density at radius 2 is 2.28 bits per heavy atom. The van der Waals surface area contributed by atoms with Crippen LogP contribution in [0.3, 0.4) is 0 Å². The van der Waals surface area contributed by atoms with Crippen molar-refractivity contribution in [3.63, 3.8) is 0 Å². The number of halogens is 3. The molecule has 0 radical (unpaired) electrons. The molecule has 18 heavy (non-hydrogen) atoms. The maximum absolute atomic E-state index is 13.7. The summed E-state index contributed by atoms with van der Waals surface area (Å²) in [6.07, 6.45) is 0.0261. The maximum atomic E-state index is 13.7. The number of hydrogen-bond acceptors (Lipinski definition) is 2. The molecule has 100 valence electrons. The third kappa shape index (κ3) is 3.35. The van der Waals surface area contributed by atoms with Gasteiger partial charge in [-0.3, -0.25) is 4.90 Å². The molecule has 1 aliphatic heterocycles. The van der Waals surface area contributed by atoms with E-state index in [1.54, 1.807) is 12.1 Å². The molecule has 0 spiro atoms. The summed E-state index contributed by atoms with van der Waals surface area (Å²) < 4.78 is 19.3. The summed E-state index contributed by atoms with van der Waals surface area (Å²) in [6.45, 7) is 3.98. The molecular weight excluding hydrogens is 276 g/mol. The van der Waals surface area contributed by atoms with Crippen LogP contribution in [0.4, 0.5) is 4.39 Å². The van der Waals surface area contributed by atoms with Gasteiger partial charge in [-0.1, -0.05) is 17.7 Å².